The fraction of sp³-hybridized carbons (Fsp3) is 0.250. The molecule has 8 nitrogen and oxygen atoms in total. The number of hydrogen-bond donors (Lipinski definition) is 3. The summed E-state index contributed by atoms with van der Waals surface area (Å²) in [6.07, 6.45) is 6.63. The van der Waals surface area contributed by atoms with E-state index < -0.39 is 26.0 Å². The van der Waals surface area contributed by atoms with Gasteiger partial charge in [-0.1, -0.05) is 31.4 Å². The summed E-state index contributed by atoms with van der Waals surface area (Å²) in [6.45, 7) is 2.10. The second kappa shape index (κ2) is 10.4. The lowest BCUT2D eigenvalue weighted by Crippen LogP contribution is -2.25. The van der Waals surface area contributed by atoms with E-state index >= 15 is 0 Å². The van der Waals surface area contributed by atoms with Gasteiger partial charge in [0.15, 0.2) is 0 Å². The number of unbranched alkanes of at least 4 members (excludes halogenated alkanes) is 1. The van der Waals surface area contributed by atoms with Gasteiger partial charge in [0.05, 0.1) is 16.3 Å². The molecule has 160 valence electrons. The predicted molar refractivity (Wildman–Crippen MR) is 115 cm³/mol. The molecule has 0 spiro atoms. The largest absolute Gasteiger partial charge is 0.322 e. The highest BCUT2D eigenvalue weighted by atomic mass is 32.2. The van der Waals surface area contributed by atoms with Crippen molar-refractivity contribution in [2.24, 2.45) is 0 Å². The number of rotatable bonds is 10. The van der Waals surface area contributed by atoms with Crippen LogP contribution in [0.15, 0.2) is 58.3 Å². The van der Waals surface area contributed by atoms with E-state index in [9.17, 15) is 21.6 Å². The Bertz CT molecular complexity index is 1150. The van der Waals surface area contributed by atoms with Crippen LogP contribution in [0.4, 0.5) is 5.69 Å². The summed E-state index contributed by atoms with van der Waals surface area (Å²) < 4.78 is 53.8. The molecule has 30 heavy (non-hydrogen) atoms. The molecule has 2 aromatic rings. The number of carbonyl (C=O) groups is 1. The number of carbonyl (C=O) groups excluding carboxylic acids is 1. The summed E-state index contributed by atoms with van der Waals surface area (Å²) in [7, 11) is -7.54. The zero-order valence-corrected chi connectivity index (χ0v) is 18.0. The van der Waals surface area contributed by atoms with Crippen molar-refractivity contribution in [1.82, 2.24) is 9.44 Å². The van der Waals surface area contributed by atoms with Gasteiger partial charge in [-0.3, -0.25) is 4.79 Å². The maximum Gasteiger partial charge on any atom is 0.255 e. The molecule has 0 bridgehead atoms. The number of sulfonamides is 2. The molecule has 0 radical (unpaired) electrons. The first-order valence-electron chi connectivity index (χ1n) is 9.14. The van der Waals surface area contributed by atoms with E-state index in [2.05, 4.69) is 20.7 Å². The van der Waals surface area contributed by atoms with Crippen molar-refractivity contribution in [3.05, 3.63) is 54.1 Å². The SMILES string of the molecule is C#CCNS(=O)(=O)c1cccc(C(=O)Nc2cccc(S(=O)(=O)NCCCC)c2)c1. The van der Waals surface area contributed by atoms with Gasteiger partial charge >= 0.3 is 0 Å². The number of anilines is 1. The maximum atomic E-state index is 12.6. The van der Waals surface area contributed by atoms with Crippen LogP contribution in [0.25, 0.3) is 0 Å². The van der Waals surface area contributed by atoms with Gasteiger partial charge in [-0.05, 0) is 42.8 Å². The number of terminal acetylenes is 1. The molecule has 0 aromatic heterocycles. The molecule has 0 unspecified atom stereocenters. The topological polar surface area (TPSA) is 121 Å². The molecule has 0 atom stereocenters. The summed E-state index contributed by atoms with van der Waals surface area (Å²) in [5.74, 6) is 1.59. The van der Waals surface area contributed by atoms with E-state index in [4.69, 9.17) is 6.42 Å². The third-order valence-corrected chi connectivity index (χ3v) is 6.85. The minimum Gasteiger partial charge on any atom is -0.322 e. The van der Waals surface area contributed by atoms with Gasteiger partial charge in [-0.2, -0.15) is 4.72 Å². The Morgan fingerprint density at radius 2 is 1.60 bits per heavy atom. The lowest BCUT2D eigenvalue weighted by atomic mass is 10.2. The fourth-order valence-electron chi connectivity index (χ4n) is 2.44. The van der Waals surface area contributed by atoms with Crippen LogP contribution in [0.2, 0.25) is 0 Å². The molecule has 10 heteroatoms. The summed E-state index contributed by atoms with van der Waals surface area (Å²) >= 11 is 0. The standard InChI is InChI=1S/C20H23N3O5S2/c1-3-5-13-22-30(27,28)19-11-7-9-17(15-19)23-20(24)16-8-6-10-18(14-16)29(25,26)21-12-4-2/h2,6-11,14-15,21-22H,3,5,12-13H2,1H3,(H,23,24). The van der Waals surface area contributed by atoms with E-state index in [1.807, 2.05) is 6.92 Å². The first-order valence-corrected chi connectivity index (χ1v) is 12.1. The zero-order chi connectivity index (χ0) is 22.2. The van der Waals surface area contributed by atoms with Crippen molar-refractivity contribution < 1.29 is 21.6 Å². The van der Waals surface area contributed by atoms with Crippen molar-refractivity contribution in [3.63, 3.8) is 0 Å². The van der Waals surface area contributed by atoms with Gasteiger partial charge in [-0.25, -0.2) is 21.6 Å². The Morgan fingerprint density at radius 1 is 0.967 bits per heavy atom. The van der Waals surface area contributed by atoms with Crippen LogP contribution in [0.3, 0.4) is 0 Å². The normalized spacial score (nSPS) is 11.6. The highest BCUT2D eigenvalue weighted by Crippen LogP contribution is 2.18. The molecule has 0 heterocycles. The zero-order valence-electron chi connectivity index (χ0n) is 16.4. The van der Waals surface area contributed by atoms with Crippen LogP contribution in [-0.4, -0.2) is 35.8 Å². The number of hydrogen-bond acceptors (Lipinski definition) is 5. The fourth-order valence-corrected chi connectivity index (χ4v) is 4.53. The van der Waals surface area contributed by atoms with Gasteiger partial charge in [-0.15, -0.1) is 6.42 Å². The third kappa shape index (κ3) is 6.40. The van der Waals surface area contributed by atoms with Crippen molar-refractivity contribution in [3.8, 4) is 12.3 Å². The molecular weight excluding hydrogens is 426 g/mol. The Hall–Kier alpha value is -2.71. The van der Waals surface area contributed by atoms with E-state index in [0.717, 1.165) is 6.42 Å². The van der Waals surface area contributed by atoms with Gasteiger partial charge in [0, 0.05) is 17.8 Å². The predicted octanol–water partition coefficient (Wildman–Crippen LogP) is 1.93. The van der Waals surface area contributed by atoms with Crippen LogP contribution in [0.5, 0.6) is 0 Å². The minimum absolute atomic E-state index is 0.0196. The summed E-state index contributed by atoms with van der Waals surface area (Å²) in [5.41, 5.74) is 0.352. The average molecular weight is 450 g/mol. The van der Waals surface area contributed by atoms with Crippen LogP contribution >= 0.6 is 0 Å². The minimum atomic E-state index is -3.85. The molecule has 2 rings (SSSR count). The average Bonchev–Trinajstić information content (AvgIpc) is 2.72. The second-order valence-corrected chi connectivity index (χ2v) is 9.82. The molecule has 3 N–H and O–H groups in total. The summed E-state index contributed by atoms with van der Waals surface area (Å²) in [5, 5.41) is 2.58. The van der Waals surface area contributed by atoms with E-state index in [1.54, 1.807) is 0 Å². The molecule has 0 saturated heterocycles. The monoisotopic (exact) mass is 449 g/mol. The number of benzene rings is 2. The Morgan fingerprint density at radius 3 is 2.27 bits per heavy atom. The Kier molecular flexibility index (Phi) is 8.14. The maximum absolute atomic E-state index is 12.6. The van der Waals surface area contributed by atoms with Crippen molar-refractivity contribution >= 4 is 31.6 Å². The number of amides is 1. The smallest absolute Gasteiger partial charge is 0.255 e. The van der Waals surface area contributed by atoms with Crippen LogP contribution in [0, 0.1) is 12.3 Å². The van der Waals surface area contributed by atoms with Crippen LogP contribution in [-0.2, 0) is 20.0 Å². The van der Waals surface area contributed by atoms with Gasteiger partial charge in [0.2, 0.25) is 20.0 Å². The van der Waals surface area contributed by atoms with Gasteiger partial charge < -0.3 is 5.32 Å². The third-order valence-electron chi connectivity index (χ3n) is 4.00. The first-order chi connectivity index (χ1) is 14.2. The second-order valence-electron chi connectivity index (χ2n) is 6.29. The lowest BCUT2D eigenvalue weighted by molar-refractivity contribution is 0.102. The Balaban J connectivity index is 2.19. The van der Waals surface area contributed by atoms with Crippen molar-refractivity contribution in [1.29, 1.82) is 0 Å². The molecule has 0 aliphatic rings. The first kappa shape index (κ1) is 23.6. The van der Waals surface area contributed by atoms with Crippen molar-refractivity contribution in [2.45, 2.75) is 29.6 Å². The van der Waals surface area contributed by atoms with Gasteiger partial charge in [0.25, 0.3) is 5.91 Å². The molecule has 2 aromatic carbocycles. The van der Waals surface area contributed by atoms with Crippen LogP contribution in [0.1, 0.15) is 30.1 Å². The highest BCUT2D eigenvalue weighted by molar-refractivity contribution is 7.89. The molecule has 0 saturated carbocycles. The molecule has 0 fully saturated rings. The van der Waals surface area contributed by atoms with E-state index in [-0.39, 0.29) is 27.6 Å². The molecule has 1 amide bonds. The van der Waals surface area contributed by atoms with E-state index in [1.165, 1.54) is 48.5 Å². The van der Waals surface area contributed by atoms with Gasteiger partial charge in [0.1, 0.15) is 0 Å². The van der Waals surface area contributed by atoms with Crippen LogP contribution < -0.4 is 14.8 Å². The molecular formula is C20H23N3O5S2. The number of nitrogens with one attached hydrogen (secondary N) is 3. The molecule has 0 aliphatic heterocycles. The molecule has 0 aliphatic carbocycles. The highest BCUT2D eigenvalue weighted by Gasteiger charge is 2.17. The lowest BCUT2D eigenvalue weighted by Gasteiger charge is -2.10. The summed E-state index contributed by atoms with van der Waals surface area (Å²) in [4.78, 5) is 12.5. The van der Waals surface area contributed by atoms with Crippen molar-refractivity contribution in [2.75, 3.05) is 18.4 Å². The Labute approximate surface area is 177 Å². The summed E-state index contributed by atoms with van der Waals surface area (Å²) in [6, 6.07) is 11.2. The van der Waals surface area contributed by atoms with E-state index in [0.29, 0.717) is 13.0 Å². The quantitative estimate of drug-likeness (QED) is 0.378.